The van der Waals surface area contributed by atoms with E-state index < -0.39 is 11.3 Å². The number of hydrogen-bond donors (Lipinski definition) is 4. The lowest BCUT2D eigenvalue weighted by Crippen LogP contribution is -2.47. The van der Waals surface area contributed by atoms with E-state index in [1.807, 2.05) is 20.8 Å². The van der Waals surface area contributed by atoms with Crippen LogP contribution in [0.15, 0.2) is 0 Å². The molecule has 0 fully saturated rings. The molecule has 10 nitrogen and oxygen atoms in total. The van der Waals surface area contributed by atoms with Gasteiger partial charge in [0.1, 0.15) is 5.72 Å². The van der Waals surface area contributed by atoms with E-state index in [2.05, 4.69) is 16.2 Å². The number of carbonyl (C=O) groups is 4. The molecule has 10 heteroatoms. The van der Waals surface area contributed by atoms with Crippen molar-refractivity contribution in [1.29, 1.82) is 0 Å². The number of ether oxygens (including phenoxy) is 1. The zero-order valence-corrected chi connectivity index (χ0v) is 19.2. The second kappa shape index (κ2) is 13.3. The summed E-state index contributed by atoms with van der Waals surface area (Å²) in [6.45, 7) is 9.36. The highest BCUT2D eigenvalue weighted by atomic mass is 16.5. The highest BCUT2D eigenvalue weighted by Gasteiger charge is 2.25. The minimum atomic E-state index is -0.966. The van der Waals surface area contributed by atoms with Gasteiger partial charge in [-0.25, -0.2) is 5.43 Å². The number of amides is 4. The zero-order chi connectivity index (χ0) is 23.4. The molecule has 2 atom stereocenters. The second-order valence-corrected chi connectivity index (χ2v) is 8.34. The first-order chi connectivity index (χ1) is 13.9. The van der Waals surface area contributed by atoms with Gasteiger partial charge < -0.3 is 15.8 Å². The Morgan fingerprint density at radius 3 is 2.30 bits per heavy atom. The first kappa shape index (κ1) is 28.0. The normalized spacial score (nSPS) is 14.4. The van der Waals surface area contributed by atoms with E-state index in [-0.39, 0.29) is 43.0 Å². The number of imide groups is 1. The Labute approximate surface area is 179 Å². The van der Waals surface area contributed by atoms with E-state index in [0.29, 0.717) is 32.3 Å². The Morgan fingerprint density at radius 2 is 1.77 bits per heavy atom. The Hall–Kier alpha value is -2.04. The van der Waals surface area contributed by atoms with Gasteiger partial charge in [0, 0.05) is 37.9 Å². The molecule has 0 aromatic rings. The number of carbonyl (C=O) groups excluding carboxylic acids is 4. The van der Waals surface area contributed by atoms with Crippen molar-refractivity contribution in [2.45, 2.75) is 78.0 Å². The highest BCUT2D eigenvalue weighted by Crippen LogP contribution is 2.15. The number of hydrogen-bond acceptors (Lipinski definition) is 7. The van der Waals surface area contributed by atoms with Gasteiger partial charge in [0.15, 0.2) is 0 Å². The third-order valence-electron chi connectivity index (χ3n) is 4.77. The minimum absolute atomic E-state index is 0.0282. The SMILES string of the molecule is CCC(C)C(=O)N(C=O)CCC(=O)NC(C)(C)CCOC(C)(N)CCC(=O)NNC. The van der Waals surface area contributed by atoms with Crippen molar-refractivity contribution in [3.63, 3.8) is 0 Å². The van der Waals surface area contributed by atoms with Crippen LogP contribution in [-0.4, -0.2) is 60.5 Å². The summed E-state index contributed by atoms with van der Waals surface area (Å²) in [5, 5.41) is 2.89. The molecule has 5 N–H and O–H groups in total. The largest absolute Gasteiger partial charge is 0.361 e. The molecule has 0 aliphatic carbocycles. The van der Waals surface area contributed by atoms with Gasteiger partial charge in [0.25, 0.3) is 0 Å². The van der Waals surface area contributed by atoms with E-state index in [0.717, 1.165) is 4.90 Å². The number of hydrazine groups is 1. The van der Waals surface area contributed by atoms with E-state index in [1.165, 1.54) is 0 Å². The van der Waals surface area contributed by atoms with Gasteiger partial charge in [0.2, 0.25) is 24.1 Å². The van der Waals surface area contributed by atoms with Crippen molar-refractivity contribution in [2.24, 2.45) is 11.7 Å². The van der Waals surface area contributed by atoms with Gasteiger partial charge in [0.05, 0.1) is 6.61 Å². The smallest absolute Gasteiger partial charge is 0.234 e. The van der Waals surface area contributed by atoms with Crippen LogP contribution in [0.25, 0.3) is 0 Å². The van der Waals surface area contributed by atoms with Crippen LogP contribution in [0, 0.1) is 5.92 Å². The van der Waals surface area contributed by atoms with Crippen LogP contribution < -0.4 is 21.9 Å². The Morgan fingerprint density at radius 1 is 1.13 bits per heavy atom. The molecule has 0 aliphatic rings. The summed E-state index contributed by atoms with van der Waals surface area (Å²) in [7, 11) is 1.60. The van der Waals surface area contributed by atoms with Crippen LogP contribution in [0.4, 0.5) is 0 Å². The Balaban J connectivity index is 4.40. The van der Waals surface area contributed by atoms with E-state index in [4.69, 9.17) is 10.5 Å². The van der Waals surface area contributed by atoms with Crippen molar-refractivity contribution in [2.75, 3.05) is 20.2 Å². The maximum absolute atomic E-state index is 12.3. The minimum Gasteiger partial charge on any atom is -0.361 e. The molecule has 0 radical (unpaired) electrons. The van der Waals surface area contributed by atoms with Gasteiger partial charge in [-0.15, -0.1) is 0 Å². The van der Waals surface area contributed by atoms with Crippen LogP contribution >= 0.6 is 0 Å². The molecule has 174 valence electrons. The van der Waals surface area contributed by atoms with Crippen molar-refractivity contribution in [3.05, 3.63) is 0 Å². The molecule has 0 aromatic heterocycles. The fourth-order valence-electron chi connectivity index (χ4n) is 2.57. The lowest BCUT2D eigenvalue weighted by molar-refractivity contribution is -0.141. The summed E-state index contributed by atoms with van der Waals surface area (Å²) in [6.07, 6.45) is 2.19. The van der Waals surface area contributed by atoms with Crippen LogP contribution in [0.3, 0.4) is 0 Å². The molecule has 0 rings (SSSR count). The van der Waals surface area contributed by atoms with Gasteiger partial charge in [-0.1, -0.05) is 13.8 Å². The van der Waals surface area contributed by atoms with Crippen molar-refractivity contribution in [1.82, 2.24) is 21.1 Å². The van der Waals surface area contributed by atoms with Crippen molar-refractivity contribution < 1.29 is 23.9 Å². The standard InChI is InChI=1S/C20H39N5O5/c1-7-15(2)18(29)25(14-26)12-9-16(27)23-19(3,4)11-13-30-20(5,21)10-8-17(28)24-22-6/h14-15,22H,7-13,21H2,1-6H3,(H,23,27)(H,24,28). The topological polar surface area (TPSA) is 143 Å². The summed E-state index contributed by atoms with van der Waals surface area (Å²) in [4.78, 5) is 48.0. The number of nitrogens with one attached hydrogen (secondary N) is 3. The molecular formula is C20H39N5O5. The van der Waals surface area contributed by atoms with Crippen molar-refractivity contribution >= 4 is 24.1 Å². The third kappa shape index (κ3) is 11.8. The van der Waals surface area contributed by atoms with Gasteiger partial charge in [-0.05, 0) is 40.0 Å². The highest BCUT2D eigenvalue weighted by molar-refractivity contribution is 5.88. The predicted octanol–water partition coefficient (Wildman–Crippen LogP) is 0.415. The fourth-order valence-corrected chi connectivity index (χ4v) is 2.57. The summed E-state index contributed by atoms with van der Waals surface area (Å²) in [5.41, 5.74) is 9.56. The summed E-state index contributed by atoms with van der Waals surface area (Å²) in [6, 6.07) is 0. The van der Waals surface area contributed by atoms with Crippen LogP contribution in [0.5, 0.6) is 0 Å². The van der Waals surface area contributed by atoms with Gasteiger partial charge >= 0.3 is 0 Å². The van der Waals surface area contributed by atoms with Crippen molar-refractivity contribution in [3.8, 4) is 0 Å². The molecule has 0 bridgehead atoms. The molecule has 0 aromatic carbocycles. The summed E-state index contributed by atoms with van der Waals surface area (Å²) in [5.74, 6) is -0.982. The summed E-state index contributed by atoms with van der Waals surface area (Å²) < 4.78 is 5.69. The average molecular weight is 430 g/mol. The third-order valence-corrected chi connectivity index (χ3v) is 4.77. The molecule has 30 heavy (non-hydrogen) atoms. The van der Waals surface area contributed by atoms with Gasteiger partial charge in [-0.3, -0.25) is 29.5 Å². The second-order valence-electron chi connectivity index (χ2n) is 8.34. The summed E-state index contributed by atoms with van der Waals surface area (Å²) >= 11 is 0. The fraction of sp³-hybridized carbons (Fsp3) is 0.800. The molecule has 0 saturated carbocycles. The monoisotopic (exact) mass is 429 g/mol. The number of nitrogens with two attached hydrogens (primary N) is 1. The van der Waals surface area contributed by atoms with E-state index >= 15 is 0 Å². The molecule has 0 heterocycles. The van der Waals surface area contributed by atoms with Gasteiger partial charge in [-0.2, -0.15) is 0 Å². The Bertz CT molecular complexity index is 580. The molecular weight excluding hydrogens is 390 g/mol. The van der Waals surface area contributed by atoms with Crippen LogP contribution in [0.2, 0.25) is 0 Å². The van der Waals surface area contributed by atoms with E-state index in [1.54, 1.807) is 20.9 Å². The lowest BCUT2D eigenvalue weighted by Gasteiger charge is -2.30. The molecule has 0 aliphatic heterocycles. The average Bonchev–Trinajstić information content (AvgIpc) is 2.65. The first-order valence-corrected chi connectivity index (χ1v) is 10.3. The van der Waals surface area contributed by atoms with E-state index in [9.17, 15) is 19.2 Å². The first-order valence-electron chi connectivity index (χ1n) is 10.3. The van der Waals surface area contributed by atoms with Crippen LogP contribution in [0.1, 0.15) is 66.7 Å². The molecule has 0 saturated heterocycles. The number of nitrogens with zero attached hydrogens (tertiary/aromatic N) is 1. The lowest BCUT2D eigenvalue weighted by atomic mass is 10.0. The van der Waals surface area contributed by atoms with Crippen LogP contribution in [-0.2, 0) is 23.9 Å². The molecule has 2 unspecified atom stereocenters. The zero-order valence-electron chi connectivity index (χ0n) is 19.2. The quantitative estimate of drug-likeness (QED) is 0.168. The molecule has 0 spiro atoms. The maximum Gasteiger partial charge on any atom is 0.234 e. The predicted molar refractivity (Wildman–Crippen MR) is 114 cm³/mol. The maximum atomic E-state index is 12.3. The molecule has 4 amide bonds. The Kier molecular flexibility index (Phi) is 12.4. The number of rotatable bonds is 15.